The molecule has 3 atom stereocenters. The van der Waals surface area contributed by atoms with Crippen LogP contribution in [0.2, 0.25) is 0 Å². The van der Waals surface area contributed by atoms with E-state index in [1.165, 1.54) is 0 Å². The lowest BCUT2D eigenvalue weighted by Crippen LogP contribution is -2.26. The standard InChI is InChI=1S/C12H13NO3/c1-7-9(8-5-3-2-4-6-8)10(12(15)16)11(14)13-7/h2-7,9-10H,1H3,(H,13,14)(H,15,16)/t7-,9-,10+/m0/s1. The number of benzene rings is 1. The number of carboxylic acid groups (broad SMARTS) is 1. The largest absolute Gasteiger partial charge is 0.481 e. The Kier molecular flexibility index (Phi) is 2.64. The van der Waals surface area contributed by atoms with Crippen LogP contribution in [0.4, 0.5) is 0 Å². The molecular formula is C12H13NO3. The zero-order valence-electron chi connectivity index (χ0n) is 8.88. The summed E-state index contributed by atoms with van der Waals surface area (Å²) in [4.78, 5) is 22.6. The number of hydrogen-bond donors (Lipinski definition) is 2. The van der Waals surface area contributed by atoms with Crippen molar-refractivity contribution < 1.29 is 14.7 Å². The lowest BCUT2D eigenvalue weighted by atomic mass is 9.85. The summed E-state index contributed by atoms with van der Waals surface area (Å²) in [6.45, 7) is 1.83. The molecule has 0 spiro atoms. The number of nitrogens with one attached hydrogen (secondary N) is 1. The summed E-state index contributed by atoms with van der Waals surface area (Å²) >= 11 is 0. The Morgan fingerprint density at radius 2 is 1.94 bits per heavy atom. The molecule has 0 aromatic heterocycles. The van der Waals surface area contributed by atoms with Gasteiger partial charge >= 0.3 is 5.97 Å². The van der Waals surface area contributed by atoms with Crippen molar-refractivity contribution in [2.24, 2.45) is 5.92 Å². The zero-order valence-corrected chi connectivity index (χ0v) is 8.88. The molecule has 1 aromatic rings. The highest BCUT2D eigenvalue weighted by molar-refractivity contribution is 6.00. The molecule has 0 aliphatic carbocycles. The minimum atomic E-state index is -1.06. The lowest BCUT2D eigenvalue weighted by molar-refractivity contribution is -0.145. The van der Waals surface area contributed by atoms with Gasteiger partial charge in [-0.15, -0.1) is 0 Å². The van der Waals surface area contributed by atoms with Gasteiger partial charge in [-0.2, -0.15) is 0 Å². The molecule has 84 valence electrons. The van der Waals surface area contributed by atoms with E-state index >= 15 is 0 Å². The fraction of sp³-hybridized carbons (Fsp3) is 0.333. The van der Waals surface area contributed by atoms with Gasteiger partial charge in [-0.3, -0.25) is 9.59 Å². The van der Waals surface area contributed by atoms with Crippen molar-refractivity contribution in [1.82, 2.24) is 5.32 Å². The van der Waals surface area contributed by atoms with E-state index in [9.17, 15) is 9.59 Å². The van der Waals surface area contributed by atoms with Crippen LogP contribution in [0.25, 0.3) is 0 Å². The van der Waals surface area contributed by atoms with Crippen molar-refractivity contribution in [3.05, 3.63) is 35.9 Å². The molecule has 1 aromatic carbocycles. The van der Waals surface area contributed by atoms with E-state index in [0.717, 1.165) is 5.56 Å². The van der Waals surface area contributed by atoms with Crippen molar-refractivity contribution >= 4 is 11.9 Å². The second-order valence-corrected chi connectivity index (χ2v) is 4.05. The Labute approximate surface area is 93.3 Å². The highest BCUT2D eigenvalue weighted by atomic mass is 16.4. The number of amides is 1. The number of carbonyl (C=O) groups is 2. The summed E-state index contributed by atoms with van der Waals surface area (Å²) < 4.78 is 0. The molecular weight excluding hydrogens is 206 g/mol. The highest BCUT2D eigenvalue weighted by Gasteiger charge is 2.45. The van der Waals surface area contributed by atoms with Crippen molar-refractivity contribution in [1.29, 1.82) is 0 Å². The molecule has 0 bridgehead atoms. The van der Waals surface area contributed by atoms with Crippen LogP contribution in [0.3, 0.4) is 0 Å². The van der Waals surface area contributed by atoms with Gasteiger partial charge in [0.1, 0.15) is 5.92 Å². The SMILES string of the molecule is C[C@@H]1NC(=O)[C@H](C(=O)O)[C@@H]1c1ccccc1. The molecule has 1 aliphatic heterocycles. The van der Waals surface area contributed by atoms with E-state index in [4.69, 9.17) is 5.11 Å². The van der Waals surface area contributed by atoms with E-state index in [-0.39, 0.29) is 12.0 Å². The van der Waals surface area contributed by atoms with Crippen molar-refractivity contribution in [2.45, 2.75) is 18.9 Å². The second-order valence-electron chi connectivity index (χ2n) is 4.05. The molecule has 1 aliphatic rings. The van der Waals surface area contributed by atoms with E-state index < -0.39 is 17.8 Å². The maximum Gasteiger partial charge on any atom is 0.316 e. The quantitative estimate of drug-likeness (QED) is 0.729. The van der Waals surface area contributed by atoms with Crippen LogP contribution >= 0.6 is 0 Å². The molecule has 0 radical (unpaired) electrons. The van der Waals surface area contributed by atoms with E-state index in [2.05, 4.69) is 5.32 Å². The van der Waals surface area contributed by atoms with Crippen LogP contribution in [-0.2, 0) is 9.59 Å². The van der Waals surface area contributed by atoms with Crippen LogP contribution in [-0.4, -0.2) is 23.0 Å². The number of aliphatic carboxylic acids is 1. The summed E-state index contributed by atoms with van der Waals surface area (Å²) in [5.41, 5.74) is 0.890. The predicted molar refractivity (Wildman–Crippen MR) is 57.9 cm³/mol. The number of carboxylic acids is 1. The predicted octanol–water partition coefficient (Wildman–Crippen LogP) is 0.989. The first-order valence-corrected chi connectivity index (χ1v) is 5.19. The minimum absolute atomic E-state index is 0.143. The van der Waals surface area contributed by atoms with Gasteiger partial charge in [-0.05, 0) is 12.5 Å². The first kappa shape index (κ1) is 10.7. The first-order valence-electron chi connectivity index (χ1n) is 5.19. The minimum Gasteiger partial charge on any atom is -0.481 e. The number of hydrogen-bond acceptors (Lipinski definition) is 2. The molecule has 1 heterocycles. The van der Waals surface area contributed by atoms with Crippen molar-refractivity contribution in [2.75, 3.05) is 0 Å². The molecule has 1 amide bonds. The molecule has 4 heteroatoms. The summed E-state index contributed by atoms with van der Waals surface area (Å²) in [5, 5.41) is 11.7. The van der Waals surface area contributed by atoms with Crippen LogP contribution in [0.1, 0.15) is 18.4 Å². The van der Waals surface area contributed by atoms with E-state index in [1.54, 1.807) is 0 Å². The Morgan fingerprint density at radius 3 is 2.50 bits per heavy atom. The third kappa shape index (κ3) is 1.66. The fourth-order valence-electron chi connectivity index (χ4n) is 2.28. The fourth-order valence-corrected chi connectivity index (χ4v) is 2.28. The molecule has 2 N–H and O–H groups in total. The van der Waals surface area contributed by atoms with Gasteiger partial charge < -0.3 is 10.4 Å². The van der Waals surface area contributed by atoms with Gasteiger partial charge in [0, 0.05) is 12.0 Å². The van der Waals surface area contributed by atoms with Gasteiger partial charge in [0.05, 0.1) is 0 Å². The molecule has 0 saturated carbocycles. The molecule has 2 rings (SSSR count). The Hall–Kier alpha value is -1.84. The van der Waals surface area contributed by atoms with E-state index in [0.29, 0.717) is 0 Å². The number of rotatable bonds is 2. The molecule has 16 heavy (non-hydrogen) atoms. The maximum atomic E-state index is 11.5. The van der Waals surface area contributed by atoms with Gasteiger partial charge in [0.25, 0.3) is 0 Å². The second kappa shape index (κ2) is 3.96. The Balaban J connectivity index is 2.38. The normalized spacial score (nSPS) is 28.8. The van der Waals surface area contributed by atoms with Gasteiger partial charge in [-0.25, -0.2) is 0 Å². The highest BCUT2D eigenvalue weighted by Crippen LogP contribution is 2.33. The Bertz CT molecular complexity index is 416. The monoisotopic (exact) mass is 219 g/mol. The average molecular weight is 219 g/mol. The van der Waals surface area contributed by atoms with Crippen molar-refractivity contribution in [3.8, 4) is 0 Å². The first-order chi connectivity index (χ1) is 7.61. The van der Waals surface area contributed by atoms with Crippen LogP contribution < -0.4 is 5.32 Å². The third-order valence-electron chi connectivity index (χ3n) is 3.00. The summed E-state index contributed by atoms with van der Waals surface area (Å²) in [6.07, 6.45) is 0. The van der Waals surface area contributed by atoms with E-state index in [1.807, 2.05) is 37.3 Å². The molecule has 4 nitrogen and oxygen atoms in total. The molecule has 1 saturated heterocycles. The average Bonchev–Trinajstić information content (AvgIpc) is 2.55. The van der Waals surface area contributed by atoms with Gasteiger partial charge in [0.15, 0.2) is 0 Å². The maximum absolute atomic E-state index is 11.5. The van der Waals surface area contributed by atoms with Crippen LogP contribution in [0.15, 0.2) is 30.3 Å². The number of carbonyl (C=O) groups excluding carboxylic acids is 1. The third-order valence-corrected chi connectivity index (χ3v) is 3.00. The topological polar surface area (TPSA) is 66.4 Å². The lowest BCUT2D eigenvalue weighted by Gasteiger charge is -2.17. The summed E-state index contributed by atoms with van der Waals surface area (Å²) in [5.74, 6) is -2.71. The zero-order chi connectivity index (χ0) is 11.7. The molecule has 1 fully saturated rings. The summed E-state index contributed by atoms with van der Waals surface area (Å²) in [6, 6.07) is 9.15. The molecule has 0 unspecified atom stereocenters. The van der Waals surface area contributed by atoms with Crippen LogP contribution in [0.5, 0.6) is 0 Å². The van der Waals surface area contributed by atoms with Gasteiger partial charge in [-0.1, -0.05) is 30.3 Å². The Morgan fingerprint density at radius 1 is 1.31 bits per heavy atom. The summed E-state index contributed by atoms with van der Waals surface area (Å²) in [7, 11) is 0. The van der Waals surface area contributed by atoms with Crippen LogP contribution in [0, 0.1) is 5.92 Å². The van der Waals surface area contributed by atoms with Crippen molar-refractivity contribution in [3.63, 3.8) is 0 Å². The smallest absolute Gasteiger partial charge is 0.316 e. The van der Waals surface area contributed by atoms with Gasteiger partial charge in [0.2, 0.25) is 5.91 Å².